The van der Waals surface area contributed by atoms with Gasteiger partial charge in [0.25, 0.3) is 0 Å². The van der Waals surface area contributed by atoms with Gasteiger partial charge in [0.2, 0.25) is 0 Å². The van der Waals surface area contributed by atoms with E-state index in [1.165, 1.54) is 0 Å². The van der Waals surface area contributed by atoms with Crippen LogP contribution in [0.4, 0.5) is 0 Å². The third kappa shape index (κ3) is 1.49. The van der Waals surface area contributed by atoms with Gasteiger partial charge in [0.15, 0.2) is 4.77 Å². The third-order valence-electron chi connectivity index (χ3n) is 2.08. The summed E-state index contributed by atoms with van der Waals surface area (Å²) in [6.07, 6.45) is 3.66. The molecule has 0 aliphatic heterocycles. The Hall–Kier alpha value is -1.06. The minimum atomic E-state index is 0.650. The molecule has 0 atom stereocenters. The molecule has 0 bridgehead atoms. The topological polar surface area (TPSA) is 20.7 Å². The second-order valence-electron chi connectivity index (χ2n) is 3.04. The summed E-state index contributed by atoms with van der Waals surface area (Å²) in [5.74, 6) is 0. The Labute approximate surface area is 92.2 Å². The van der Waals surface area contributed by atoms with Crippen molar-refractivity contribution in [2.75, 3.05) is 0 Å². The van der Waals surface area contributed by atoms with E-state index in [0.717, 1.165) is 16.3 Å². The molecule has 0 fully saturated rings. The number of halogens is 1. The van der Waals surface area contributed by atoms with Crippen molar-refractivity contribution in [3.8, 4) is 5.69 Å². The Kier molecular flexibility index (Phi) is 2.44. The van der Waals surface area contributed by atoms with E-state index in [2.05, 4.69) is 4.98 Å². The zero-order valence-corrected chi connectivity index (χ0v) is 9.19. The molecule has 1 heterocycles. The quantitative estimate of drug-likeness (QED) is 0.736. The molecule has 0 saturated heterocycles. The first kappa shape index (κ1) is 9.49. The number of nitrogens with one attached hydrogen (secondary N) is 1. The van der Waals surface area contributed by atoms with E-state index in [1.54, 1.807) is 6.20 Å². The lowest BCUT2D eigenvalue weighted by Gasteiger charge is -2.06. The molecule has 1 aromatic carbocycles. The summed E-state index contributed by atoms with van der Waals surface area (Å²) in [4.78, 5) is 2.93. The molecular formula is C10H9ClN2S. The predicted molar refractivity (Wildman–Crippen MR) is 60.7 cm³/mol. The Balaban J connectivity index is 2.69. The fourth-order valence-corrected chi connectivity index (χ4v) is 1.77. The van der Waals surface area contributed by atoms with Gasteiger partial charge < -0.3 is 4.98 Å². The average molecular weight is 225 g/mol. The van der Waals surface area contributed by atoms with Gasteiger partial charge in [-0.3, -0.25) is 4.57 Å². The van der Waals surface area contributed by atoms with Crippen LogP contribution in [0.5, 0.6) is 0 Å². The summed E-state index contributed by atoms with van der Waals surface area (Å²) >= 11 is 11.3. The summed E-state index contributed by atoms with van der Waals surface area (Å²) in [5, 5.41) is 0.739. The van der Waals surface area contributed by atoms with Crippen LogP contribution in [0.15, 0.2) is 30.6 Å². The van der Waals surface area contributed by atoms with Crippen molar-refractivity contribution in [1.29, 1.82) is 0 Å². The first-order chi connectivity index (χ1) is 6.70. The number of benzene rings is 1. The van der Waals surface area contributed by atoms with Gasteiger partial charge in [-0.2, -0.15) is 0 Å². The van der Waals surface area contributed by atoms with Gasteiger partial charge in [0.1, 0.15) is 0 Å². The van der Waals surface area contributed by atoms with E-state index in [4.69, 9.17) is 23.8 Å². The number of H-pyrrole nitrogens is 1. The minimum Gasteiger partial charge on any atom is -0.337 e. The lowest BCUT2D eigenvalue weighted by atomic mass is 10.2. The standard InChI is InChI=1S/C10H9ClN2S/c1-7-3-2-4-8(9(7)11)13-6-5-12-10(13)14/h2-6H,1H3,(H,12,14). The minimum absolute atomic E-state index is 0.650. The van der Waals surface area contributed by atoms with Crippen LogP contribution in [0.3, 0.4) is 0 Å². The van der Waals surface area contributed by atoms with Crippen LogP contribution >= 0.6 is 23.8 Å². The molecule has 0 unspecified atom stereocenters. The van der Waals surface area contributed by atoms with E-state index >= 15 is 0 Å². The van der Waals surface area contributed by atoms with Crippen molar-refractivity contribution >= 4 is 23.8 Å². The first-order valence-corrected chi connectivity index (χ1v) is 5.00. The third-order valence-corrected chi connectivity index (χ3v) is 2.89. The maximum Gasteiger partial charge on any atom is 0.181 e. The monoisotopic (exact) mass is 224 g/mol. The summed E-state index contributed by atoms with van der Waals surface area (Å²) in [5.41, 5.74) is 1.96. The smallest absolute Gasteiger partial charge is 0.181 e. The van der Waals surface area contributed by atoms with Crippen LogP contribution in [0.25, 0.3) is 5.69 Å². The fraction of sp³-hybridized carbons (Fsp3) is 0.100. The Morgan fingerprint density at radius 3 is 2.86 bits per heavy atom. The molecule has 14 heavy (non-hydrogen) atoms. The van der Waals surface area contributed by atoms with Crippen LogP contribution in [-0.4, -0.2) is 9.55 Å². The van der Waals surface area contributed by atoms with Crippen molar-refractivity contribution < 1.29 is 0 Å². The molecule has 2 aromatic rings. The number of rotatable bonds is 1. The van der Waals surface area contributed by atoms with Gasteiger partial charge >= 0.3 is 0 Å². The highest BCUT2D eigenvalue weighted by Crippen LogP contribution is 2.23. The summed E-state index contributed by atoms with van der Waals surface area (Å²) in [6.45, 7) is 1.97. The number of nitrogens with zero attached hydrogens (tertiary/aromatic N) is 1. The van der Waals surface area contributed by atoms with E-state index in [1.807, 2.05) is 35.9 Å². The molecule has 2 rings (SSSR count). The van der Waals surface area contributed by atoms with Gasteiger partial charge in [-0.1, -0.05) is 23.7 Å². The lowest BCUT2D eigenvalue weighted by Crippen LogP contribution is -1.94. The van der Waals surface area contributed by atoms with E-state index < -0.39 is 0 Å². The predicted octanol–water partition coefficient (Wildman–Crippen LogP) is 3.50. The molecule has 2 nitrogen and oxygen atoms in total. The number of aromatic amines is 1. The average Bonchev–Trinajstić information content (AvgIpc) is 2.57. The number of aromatic nitrogens is 2. The normalized spacial score (nSPS) is 10.4. The molecule has 0 radical (unpaired) electrons. The number of imidazole rings is 1. The molecule has 0 aliphatic carbocycles. The van der Waals surface area contributed by atoms with Gasteiger partial charge in [0.05, 0.1) is 10.7 Å². The molecule has 0 aliphatic rings. The van der Waals surface area contributed by atoms with Crippen molar-refractivity contribution in [2.24, 2.45) is 0 Å². The SMILES string of the molecule is Cc1cccc(-n2cc[nH]c2=S)c1Cl. The second kappa shape index (κ2) is 3.59. The van der Waals surface area contributed by atoms with Crippen LogP contribution in [-0.2, 0) is 0 Å². The van der Waals surface area contributed by atoms with Crippen molar-refractivity contribution in [2.45, 2.75) is 6.92 Å². The Morgan fingerprint density at radius 2 is 2.21 bits per heavy atom. The number of hydrogen-bond acceptors (Lipinski definition) is 1. The largest absolute Gasteiger partial charge is 0.337 e. The van der Waals surface area contributed by atoms with E-state index in [-0.39, 0.29) is 0 Å². The molecule has 0 saturated carbocycles. The molecule has 4 heteroatoms. The van der Waals surface area contributed by atoms with Crippen molar-refractivity contribution in [1.82, 2.24) is 9.55 Å². The zero-order valence-electron chi connectivity index (χ0n) is 7.62. The van der Waals surface area contributed by atoms with Crippen LogP contribution in [0.2, 0.25) is 5.02 Å². The maximum atomic E-state index is 6.18. The van der Waals surface area contributed by atoms with Crippen molar-refractivity contribution in [3.63, 3.8) is 0 Å². The summed E-state index contributed by atoms with van der Waals surface area (Å²) in [7, 11) is 0. The molecular weight excluding hydrogens is 216 g/mol. The Bertz CT molecular complexity index is 513. The maximum absolute atomic E-state index is 6.18. The van der Waals surface area contributed by atoms with Crippen LogP contribution < -0.4 is 0 Å². The molecule has 0 spiro atoms. The highest BCUT2D eigenvalue weighted by atomic mass is 35.5. The van der Waals surface area contributed by atoms with Crippen molar-refractivity contribution in [3.05, 3.63) is 45.9 Å². The molecule has 0 amide bonds. The second-order valence-corrected chi connectivity index (χ2v) is 3.81. The molecule has 1 N–H and O–H groups in total. The molecule has 72 valence electrons. The molecule has 1 aromatic heterocycles. The van der Waals surface area contributed by atoms with Gasteiger partial charge in [-0.15, -0.1) is 0 Å². The van der Waals surface area contributed by atoms with Gasteiger partial charge in [0, 0.05) is 12.4 Å². The Morgan fingerprint density at radius 1 is 1.43 bits per heavy atom. The van der Waals surface area contributed by atoms with Gasteiger partial charge in [-0.05, 0) is 30.8 Å². The number of hydrogen-bond donors (Lipinski definition) is 1. The summed E-state index contributed by atoms with van der Waals surface area (Å²) < 4.78 is 2.50. The van der Waals surface area contributed by atoms with Crippen LogP contribution in [0.1, 0.15) is 5.56 Å². The van der Waals surface area contributed by atoms with Crippen LogP contribution in [0, 0.1) is 11.7 Å². The number of aryl methyl sites for hydroxylation is 1. The fourth-order valence-electron chi connectivity index (χ4n) is 1.33. The van der Waals surface area contributed by atoms with E-state index in [0.29, 0.717) is 4.77 Å². The first-order valence-electron chi connectivity index (χ1n) is 4.21. The van der Waals surface area contributed by atoms with Gasteiger partial charge in [-0.25, -0.2) is 0 Å². The lowest BCUT2D eigenvalue weighted by molar-refractivity contribution is 1.03. The zero-order chi connectivity index (χ0) is 10.1. The van der Waals surface area contributed by atoms with E-state index in [9.17, 15) is 0 Å². The highest BCUT2D eigenvalue weighted by molar-refractivity contribution is 7.71. The summed E-state index contributed by atoms with van der Waals surface area (Å²) in [6, 6.07) is 5.88. The highest BCUT2D eigenvalue weighted by Gasteiger charge is 2.04.